The topological polar surface area (TPSA) is 333 Å². The quantitative estimate of drug-likeness (QED) is 0.0231. The average molecular weight is 1290 g/mol. The molecule has 0 radical (unpaired) electrons. The molecule has 6 aliphatic heterocycles. The molecular formula is C66H116O24. The predicted molar refractivity (Wildman–Crippen MR) is 325 cm³/mol. The van der Waals surface area contributed by atoms with Crippen LogP contribution in [0, 0.1) is 0 Å². The summed E-state index contributed by atoms with van der Waals surface area (Å²) in [6.07, 6.45) is -14.6. The fraction of sp³-hybridized carbons (Fsp3) is 0.955. The van der Waals surface area contributed by atoms with E-state index in [1.165, 1.54) is 39.5 Å². The van der Waals surface area contributed by atoms with Gasteiger partial charge < -0.3 is 102 Å². The van der Waals surface area contributed by atoms with Gasteiger partial charge in [-0.15, -0.1) is 0 Å². The van der Waals surface area contributed by atoms with Crippen LogP contribution in [0.1, 0.15) is 242 Å². The van der Waals surface area contributed by atoms with Crippen molar-refractivity contribution in [3.63, 3.8) is 0 Å². The molecule has 6 fully saturated rings. The lowest BCUT2D eigenvalue weighted by molar-refractivity contribution is -0.399. The Morgan fingerprint density at radius 2 is 0.833 bits per heavy atom. The van der Waals surface area contributed by atoms with E-state index in [9.17, 15) is 55.2 Å². The van der Waals surface area contributed by atoms with Gasteiger partial charge in [0.15, 0.2) is 49.8 Å². The van der Waals surface area contributed by atoms with Crippen LogP contribution in [-0.2, 0) is 76.0 Å². The first-order valence-electron chi connectivity index (χ1n) is 34.8. The highest BCUT2D eigenvalue weighted by Gasteiger charge is 2.58. The number of carbonyl (C=O) groups excluding carboxylic acids is 3. The Kier molecular flexibility index (Phi) is 33.8. The molecule has 26 atom stereocenters. The second-order valence-corrected chi connectivity index (χ2v) is 26.2. The van der Waals surface area contributed by atoms with Gasteiger partial charge in [-0.05, 0) is 66.7 Å². The van der Waals surface area contributed by atoms with Crippen LogP contribution in [0.4, 0.5) is 0 Å². The third-order valence-corrected chi connectivity index (χ3v) is 18.6. The van der Waals surface area contributed by atoms with E-state index in [1.54, 1.807) is 20.8 Å². The molecule has 0 aliphatic carbocycles. The molecule has 0 bridgehead atoms. The zero-order valence-corrected chi connectivity index (χ0v) is 55.1. The van der Waals surface area contributed by atoms with Gasteiger partial charge in [0.2, 0.25) is 0 Å². The highest BCUT2D eigenvalue weighted by Crippen LogP contribution is 2.39. The van der Waals surface area contributed by atoms with Crippen LogP contribution < -0.4 is 0 Å². The van der Waals surface area contributed by atoms with Gasteiger partial charge >= 0.3 is 17.9 Å². The summed E-state index contributed by atoms with van der Waals surface area (Å²) in [6, 6.07) is 0. The number of rotatable bonds is 28. The summed E-state index contributed by atoms with van der Waals surface area (Å²) >= 11 is 0. The molecule has 0 spiro atoms. The average Bonchev–Trinajstić information content (AvgIpc) is 0.784. The number of aliphatic hydroxyl groups excluding tert-OH is 8. The standard InChI is InChI=1S/C66H116O24/c1-9-12-15-17-18-19-22-26-31-35-44(67)84-55-40(6)80-63(53(76)51(55)74)88-57-42(8)82-66(61(86-46(69)37-30-24-16-13-10-2)60(57)90-62-52(75)49(72)47(70)38(4)78-62)87-56-41(7)81-65-59(54(56)77)85-45(68)36-32-27-23-20-21-25-29-34-43(33-28-14-11-3)83-64-58(89-65)50(73)48(71)39(5)79-64/h38-43,47-66,70-77H,9-37H2,1-8H3. The van der Waals surface area contributed by atoms with Crippen molar-refractivity contribution in [2.24, 2.45) is 0 Å². The first kappa shape index (κ1) is 76.7. The molecule has 24 nitrogen and oxygen atoms in total. The van der Waals surface area contributed by atoms with Crippen LogP contribution in [0.5, 0.6) is 0 Å². The molecule has 6 saturated heterocycles. The molecule has 90 heavy (non-hydrogen) atoms. The largest absolute Gasteiger partial charge is 0.457 e. The maximum Gasteiger partial charge on any atom is 0.306 e. The summed E-state index contributed by atoms with van der Waals surface area (Å²) in [6.45, 7) is 14.0. The van der Waals surface area contributed by atoms with E-state index in [0.717, 1.165) is 109 Å². The highest BCUT2D eigenvalue weighted by molar-refractivity contribution is 5.70. The maximum absolute atomic E-state index is 14.2. The van der Waals surface area contributed by atoms with E-state index in [1.807, 2.05) is 0 Å². The normalized spacial score (nSPS) is 40.3. The number of aliphatic hydroxyl groups is 8. The third kappa shape index (κ3) is 22.7. The third-order valence-electron chi connectivity index (χ3n) is 18.6. The van der Waals surface area contributed by atoms with Gasteiger partial charge in [-0.2, -0.15) is 0 Å². The fourth-order valence-electron chi connectivity index (χ4n) is 13.0. The van der Waals surface area contributed by atoms with Crippen molar-refractivity contribution in [1.29, 1.82) is 0 Å². The van der Waals surface area contributed by atoms with Gasteiger partial charge in [0.05, 0.1) is 36.6 Å². The van der Waals surface area contributed by atoms with Crippen molar-refractivity contribution in [2.75, 3.05) is 0 Å². The summed E-state index contributed by atoms with van der Waals surface area (Å²) in [7, 11) is 0. The smallest absolute Gasteiger partial charge is 0.306 e. The monoisotopic (exact) mass is 1290 g/mol. The number of ether oxygens (including phenoxy) is 13. The minimum atomic E-state index is -1.90. The first-order chi connectivity index (χ1) is 43.2. The number of hydrogen-bond acceptors (Lipinski definition) is 24. The lowest BCUT2D eigenvalue weighted by Crippen LogP contribution is -2.68. The van der Waals surface area contributed by atoms with Crippen LogP contribution in [0.25, 0.3) is 0 Å². The Morgan fingerprint density at radius 1 is 0.389 bits per heavy atom. The van der Waals surface area contributed by atoms with Gasteiger partial charge in [-0.25, -0.2) is 0 Å². The molecule has 0 saturated carbocycles. The van der Waals surface area contributed by atoms with Crippen LogP contribution >= 0.6 is 0 Å². The van der Waals surface area contributed by atoms with Gasteiger partial charge in [-0.3, -0.25) is 14.4 Å². The van der Waals surface area contributed by atoms with Gasteiger partial charge in [0, 0.05) is 19.3 Å². The Bertz CT molecular complexity index is 2030. The fourth-order valence-corrected chi connectivity index (χ4v) is 13.0. The molecule has 0 aromatic carbocycles. The SMILES string of the molecule is CCCCCCCCCCCC(=O)OC1C(C)OC(OC2C(C)OC(OC3C(C)OC4OC5C(OC(CCCCC)CCCCCCCCCC(=O)OC4C3O)OC(C)C(O)C5O)C(OC(=O)CCCCCCC)C2OC2OC(C)C(O)C(O)C2O)C(O)C1O. The summed E-state index contributed by atoms with van der Waals surface area (Å²) < 4.78 is 82.6. The first-order valence-corrected chi connectivity index (χ1v) is 34.8. The molecule has 6 heterocycles. The molecular weight excluding hydrogens is 1180 g/mol. The van der Waals surface area contributed by atoms with E-state index >= 15 is 0 Å². The van der Waals surface area contributed by atoms with E-state index < -0.39 is 171 Å². The Morgan fingerprint density at radius 3 is 1.46 bits per heavy atom. The number of fused-ring (bicyclic) bond motifs is 2. The van der Waals surface area contributed by atoms with Crippen molar-refractivity contribution < 1.29 is 117 Å². The van der Waals surface area contributed by atoms with Crippen LogP contribution in [-0.4, -0.2) is 218 Å². The zero-order valence-electron chi connectivity index (χ0n) is 55.1. The molecule has 6 rings (SSSR count). The van der Waals surface area contributed by atoms with E-state index in [-0.39, 0.29) is 25.4 Å². The van der Waals surface area contributed by atoms with Crippen molar-refractivity contribution >= 4 is 17.9 Å². The Hall–Kier alpha value is -2.31. The van der Waals surface area contributed by atoms with Gasteiger partial charge in [-0.1, -0.05) is 156 Å². The molecule has 26 unspecified atom stereocenters. The summed E-state index contributed by atoms with van der Waals surface area (Å²) in [5.41, 5.74) is 0. The second kappa shape index (κ2) is 39.7. The molecule has 524 valence electrons. The molecule has 6 aliphatic rings. The van der Waals surface area contributed by atoms with Crippen molar-refractivity contribution in [3.8, 4) is 0 Å². The van der Waals surface area contributed by atoms with E-state index in [2.05, 4.69) is 20.8 Å². The number of unbranched alkanes of at least 4 members (excludes halogenated alkanes) is 14. The molecule has 0 aromatic rings. The number of carbonyl (C=O) groups is 3. The van der Waals surface area contributed by atoms with Crippen molar-refractivity contribution in [2.45, 2.75) is 401 Å². The molecule has 0 aromatic heterocycles. The van der Waals surface area contributed by atoms with Crippen LogP contribution in [0.3, 0.4) is 0 Å². The summed E-state index contributed by atoms with van der Waals surface area (Å²) in [5, 5.41) is 92.3. The van der Waals surface area contributed by atoms with Crippen molar-refractivity contribution in [3.05, 3.63) is 0 Å². The molecule has 0 amide bonds. The molecule has 24 heteroatoms. The van der Waals surface area contributed by atoms with Crippen LogP contribution in [0.2, 0.25) is 0 Å². The van der Waals surface area contributed by atoms with Crippen LogP contribution in [0.15, 0.2) is 0 Å². The van der Waals surface area contributed by atoms with E-state index in [4.69, 9.17) is 61.6 Å². The summed E-state index contributed by atoms with van der Waals surface area (Å²) in [4.78, 5) is 41.3. The minimum absolute atomic E-state index is 0.0203. The van der Waals surface area contributed by atoms with Gasteiger partial charge in [0.1, 0.15) is 73.2 Å². The summed E-state index contributed by atoms with van der Waals surface area (Å²) in [5.74, 6) is -2.01. The van der Waals surface area contributed by atoms with Gasteiger partial charge in [0.25, 0.3) is 0 Å². The number of hydrogen-bond donors (Lipinski definition) is 8. The highest BCUT2D eigenvalue weighted by atomic mass is 16.8. The Balaban J connectivity index is 1.29. The van der Waals surface area contributed by atoms with E-state index in [0.29, 0.717) is 32.1 Å². The zero-order chi connectivity index (χ0) is 65.4. The Labute approximate surface area is 534 Å². The number of esters is 3. The minimum Gasteiger partial charge on any atom is -0.457 e. The second-order valence-electron chi connectivity index (χ2n) is 26.2. The maximum atomic E-state index is 14.2. The molecule has 8 N–H and O–H groups in total. The predicted octanol–water partition coefficient (Wildman–Crippen LogP) is 6.65. The lowest BCUT2D eigenvalue weighted by atomic mass is 9.95. The lowest BCUT2D eigenvalue weighted by Gasteiger charge is -2.51. The van der Waals surface area contributed by atoms with Crippen molar-refractivity contribution in [1.82, 2.24) is 0 Å².